The number of hydrogen-bond acceptors (Lipinski definition) is 10. The molecule has 4 heterocycles. The third kappa shape index (κ3) is 11.0. The van der Waals surface area contributed by atoms with E-state index in [2.05, 4.69) is 23.9 Å². The quantitative estimate of drug-likeness (QED) is 0.232. The van der Waals surface area contributed by atoms with Gasteiger partial charge in [-0.3, -0.25) is 18.7 Å². The summed E-state index contributed by atoms with van der Waals surface area (Å²) in [6.45, 7) is -0.412. The fraction of sp³-hybridized carbons (Fsp3) is 0.588. The van der Waals surface area contributed by atoms with Crippen molar-refractivity contribution >= 4 is 22.3 Å². The van der Waals surface area contributed by atoms with Gasteiger partial charge < -0.3 is 35.0 Å². The minimum Gasteiger partial charge on any atom is -0.462 e. The van der Waals surface area contributed by atoms with Crippen molar-refractivity contribution < 1.29 is 52.3 Å². The Morgan fingerprint density at radius 2 is 0.938 bits per heavy atom. The van der Waals surface area contributed by atoms with Gasteiger partial charge in [-0.15, -0.1) is 0 Å². The summed E-state index contributed by atoms with van der Waals surface area (Å²) in [5.74, 6) is -1.72. The van der Waals surface area contributed by atoms with Gasteiger partial charge in [-0.1, -0.05) is 60.7 Å². The van der Waals surface area contributed by atoms with Gasteiger partial charge in [0.1, 0.15) is 24.0 Å². The smallest absolute Gasteiger partial charge is 0.394 e. The van der Waals surface area contributed by atoms with E-state index >= 15 is 0 Å². The largest absolute Gasteiger partial charge is 0.462 e. The Balaban J connectivity index is 0.000000225. The van der Waals surface area contributed by atoms with E-state index in [1.165, 1.54) is 25.7 Å². The summed E-state index contributed by atoms with van der Waals surface area (Å²) in [7, 11) is -0.332. The number of aliphatic hydroxyl groups excluding tert-OH is 2. The predicted octanol–water partition coefficient (Wildman–Crippen LogP) is 2.38. The highest BCUT2D eigenvalue weighted by molar-refractivity contribution is 7.79. The van der Waals surface area contributed by atoms with Gasteiger partial charge in [0.25, 0.3) is 0 Å². The SMILES string of the molecule is CN1[C@@H]2CC[C@@H]1CC(OC(=O)C(CO)c1ccccc1)C2.CN1[C@H]2CC[C@H]1CC(OC(=O)C(CO)c1ccccc1)C2.O.O=S(=O)(O)O. The third-order valence-electron chi connectivity index (χ3n) is 10.0. The fourth-order valence-electron chi connectivity index (χ4n) is 7.41. The highest BCUT2D eigenvalue weighted by Crippen LogP contribution is 2.37. The van der Waals surface area contributed by atoms with E-state index in [-0.39, 0.29) is 42.8 Å². The zero-order valence-electron chi connectivity index (χ0n) is 27.5. The first-order valence-corrected chi connectivity index (χ1v) is 17.6. The van der Waals surface area contributed by atoms with Gasteiger partial charge in [-0.25, -0.2) is 0 Å². The maximum Gasteiger partial charge on any atom is 0.394 e. The zero-order valence-corrected chi connectivity index (χ0v) is 28.3. The third-order valence-corrected chi connectivity index (χ3v) is 10.0. The number of esters is 2. The van der Waals surface area contributed by atoms with Gasteiger partial charge in [0, 0.05) is 24.2 Å². The average Bonchev–Trinajstić information content (AvgIpc) is 3.34. The second kappa shape index (κ2) is 18.2. The van der Waals surface area contributed by atoms with Crippen LogP contribution in [-0.4, -0.2) is 119 Å². The molecule has 6 atom stereocenters. The summed E-state index contributed by atoms with van der Waals surface area (Å²) in [5, 5.41) is 19.1. The van der Waals surface area contributed by atoms with E-state index in [0.717, 1.165) is 36.8 Å². The number of fused-ring (bicyclic) bond motifs is 4. The Morgan fingerprint density at radius 3 is 1.19 bits per heavy atom. The molecule has 0 radical (unpaired) electrons. The lowest BCUT2D eigenvalue weighted by Gasteiger charge is -2.36. The molecular formula is C34H50N2O11S. The number of carbonyl (C=O) groups is 2. The molecule has 4 bridgehead atoms. The van der Waals surface area contributed by atoms with E-state index in [4.69, 9.17) is 27.0 Å². The van der Waals surface area contributed by atoms with Crippen molar-refractivity contribution in [2.24, 2.45) is 0 Å². The molecule has 0 saturated carbocycles. The van der Waals surface area contributed by atoms with Gasteiger partial charge >= 0.3 is 22.3 Å². The van der Waals surface area contributed by atoms with Gasteiger partial charge in [0.2, 0.25) is 0 Å². The molecular weight excluding hydrogens is 644 g/mol. The molecule has 4 aliphatic heterocycles. The number of nitrogens with zero attached hydrogens (tertiary/aromatic N) is 2. The molecule has 0 amide bonds. The number of piperidine rings is 2. The Labute approximate surface area is 282 Å². The van der Waals surface area contributed by atoms with E-state index in [0.29, 0.717) is 24.2 Å². The number of aliphatic hydroxyl groups is 2. The van der Waals surface area contributed by atoms with Crippen molar-refractivity contribution in [3.8, 4) is 0 Å². The van der Waals surface area contributed by atoms with Crippen molar-refractivity contribution in [2.45, 2.75) is 99.6 Å². The maximum atomic E-state index is 12.4. The van der Waals surface area contributed by atoms with Crippen LogP contribution in [0.5, 0.6) is 0 Å². The van der Waals surface area contributed by atoms with Crippen LogP contribution in [0, 0.1) is 0 Å². The van der Waals surface area contributed by atoms with Crippen LogP contribution >= 0.6 is 0 Å². The Kier molecular flexibility index (Phi) is 14.9. The summed E-state index contributed by atoms with van der Waals surface area (Å²) in [6, 6.07) is 20.9. The van der Waals surface area contributed by atoms with Crippen molar-refractivity contribution in [1.29, 1.82) is 0 Å². The molecule has 14 heteroatoms. The molecule has 0 spiro atoms. The highest BCUT2D eigenvalue weighted by Gasteiger charge is 2.41. The number of benzene rings is 2. The lowest BCUT2D eigenvalue weighted by atomic mass is 9.98. The lowest BCUT2D eigenvalue weighted by molar-refractivity contribution is -0.156. The number of hydrogen-bond donors (Lipinski definition) is 4. The molecule has 2 unspecified atom stereocenters. The van der Waals surface area contributed by atoms with E-state index in [1.807, 2.05) is 60.7 Å². The van der Waals surface area contributed by atoms with E-state index < -0.39 is 22.2 Å². The zero-order chi connectivity index (χ0) is 34.1. The standard InChI is InChI=1S/2C17H23NO3.H2O4S.H2O/c2*1-18-13-7-8-14(18)10-15(9-13)21-17(20)16(11-19)12-5-3-2-4-6-12;1-5(2,3)4;/h2*2-6,13-16,19H,7-11H2,1H3;(H2,1,2,3,4);1H2/t2*13-,14-,16?;;/m10../s1. The number of ether oxygens (including phenoxy) is 2. The van der Waals surface area contributed by atoms with Crippen LogP contribution in [0.25, 0.3) is 0 Å². The summed E-state index contributed by atoms with van der Waals surface area (Å²) in [6.07, 6.45) is 8.52. The van der Waals surface area contributed by atoms with E-state index in [1.54, 1.807) is 0 Å². The predicted molar refractivity (Wildman–Crippen MR) is 178 cm³/mol. The minimum absolute atomic E-state index is 0. The first-order chi connectivity index (χ1) is 22.4. The Hall–Kier alpha value is -2.95. The molecule has 13 nitrogen and oxygen atoms in total. The lowest BCUT2D eigenvalue weighted by Crippen LogP contribution is -2.43. The summed E-state index contributed by atoms with van der Waals surface area (Å²) >= 11 is 0. The van der Waals surface area contributed by atoms with Crippen LogP contribution in [-0.2, 0) is 29.5 Å². The number of rotatable bonds is 8. The molecule has 4 fully saturated rings. The maximum absolute atomic E-state index is 12.4. The van der Waals surface area contributed by atoms with Gasteiger partial charge in [-0.2, -0.15) is 8.42 Å². The van der Waals surface area contributed by atoms with Crippen molar-refractivity contribution in [1.82, 2.24) is 9.80 Å². The minimum atomic E-state index is -4.67. The Bertz CT molecular complexity index is 1270. The number of carbonyl (C=O) groups excluding carboxylic acids is 2. The Morgan fingerprint density at radius 1 is 0.667 bits per heavy atom. The van der Waals surface area contributed by atoms with Gasteiger partial charge in [0.15, 0.2) is 0 Å². The second-order valence-electron chi connectivity index (χ2n) is 12.9. The monoisotopic (exact) mass is 694 g/mol. The molecule has 268 valence electrons. The summed E-state index contributed by atoms with van der Waals surface area (Å²) < 4.78 is 43.0. The topological polar surface area (TPSA) is 206 Å². The first-order valence-electron chi connectivity index (χ1n) is 16.2. The summed E-state index contributed by atoms with van der Waals surface area (Å²) in [4.78, 5) is 29.6. The molecule has 6 rings (SSSR count). The normalized spacial score (nSPS) is 27.5. The molecule has 0 aromatic heterocycles. The van der Waals surface area contributed by atoms with Crippen LogP contribution in [0.3, 0.4) is 0 Å². The van der Waals surface area contributed by atoms with Crippen LogP contribution in [0.1, 0.15) is 74.3 Å². The fourth-order valence-corrected chi connectivity index (χ4v) is 7.41. The van der Waals surface area contributed by atoms with Crippen LogP contribution in [0.15, 0.2) is 60.7 Å². The molecule has 2 aromatic rings. The summed E-state index contributed by atoms with van der Waals surface area (Å²) in [5.41, 5.74) is 1.64. The molecule has 6 N–H and O–H groups in total. The molecule has 2 aromatic carbocycles. The van der Waals surface area contributed by atoms with Crippen molar-refractivity contribution in [3.63, 3.8) is 0 Å². The van der Waals surface area contributed by atoms with E-state index in [9.17, 15) is 19.8 Å². The highest BCUT2D eigenvalue weighted by atomic mass is 32.3. The van der Waals surface area contributed by atoms with Crippen LogP contribution in [0.2, 0.25) is 0 Å². The second-order valence-corrected chi connectivity index (χ2v) is 13.8. The average molecular weight is 695 g/mol. The molecule has 48 heavy (non-hydrogen) atoms. The van der Waals surface area contributed by atoms with Gasteiger partial charge in [-0.05, 0) is 76.6 Å². The molecule has 4 aliphatic rings. The van der Waals surface area contributed by atoms with Crippen molar-refractivity contribution in [2.75, 3.05) is 27.3 Å². The first kappa shape index (κ1) is 39.5. The van der Waals surface area contributed by atoms with Gasteiger partial charge in [0.05, 0.1) is 13.2 Å². The van der Waals surface area contributed by atoms with Crippen LogP contribution in [0.4, 0.5) is 0 Å². The van der Waals surface area contributed by atoms with Crippen LogP contribution < -0.4 is 0 Å². The van der Waals surface area contributed by atoms with Crippen molar-refractivity contribution in [3.05, 3.63) is 71.8 Å². The molecule has 4 saturated heterocycles. The molecule has 0 aliphatic carbocycles.